The van der Waals surface area contributed by atoms with E-state index in [4.69, 9.17) is 32.7 Å². The van der Waals surface area contributed by atoms with Crippen molar-refractivity contribution in [2.45, 2.75) is 12.8 Å². The lowest BCUT2D eigenvalue weighted by atomic mass is 10.3. The van der Waals surface area contributed by atoms with Crippen molar-refractivity contribution in [3.8, 4) is 11.5 Å². The number of carbonyl (C=O) groups excluding carboxylic acids is 2. The van der Waals surface area contributed by atoms with E-state index in [1.165, 1.54) is 0 Å². The van der Waals surface area contributed by atoms with Crippen LogP contribution in [0.1, 0.15) is 12.8 Å². The normalized spacial score (nSPS) is 10.2. The van der Waals surface area contributed by atoms with Gasteiger partial charge in [0.25, 0.3) is 0 Å². The summed E-state index contributed by atoms with van der Waals surface area (Å²) in [6, 6.07) is 13.4. The zero-order valence-electron chi connectivity index (χ0n) is 13.2. The summed E-state index contributed by atoms with van der Waals surface area (Å²) < 4.78 is 15.3. The fourth-order valence-corrected chi connectivity index (χ4v) is 2.07. The first-order valence-corrected chi connectivity index (χ1v) is 8.29. The Hall–Kier alpha value is -2.24. The number of rotatable bonds is 8. The van der Waals surface area contributed by atoms with Gasteiger partial charge in [0, 0.05) is 16.5 Å². The summed E-state index contributed by atoms with van der Waals surface area (Å²) in [5.74, 6) is -0.252. The third kappa shape index (κ3) is 7.45. The van der Waals surface area contributed by atoms with Gasteiger partial charge in [-0.1, -0.05) is 23.2 Å². The third-order valence-corrected chi connectivity index (χ3v) is 3.51. The Labute approximate surface area is 155 Å². The first-order chi connectivity index (χ1) is 12.0. The predicted molar refractivity (Wildman–Crippen MR) is 94.2 cm³/mol. The van der Waals surface area contributed by atoms with Crippen molar-refractivity contribution in [2.24, 2.45) is 0 Å². The molecule has 0 aromatic heterocycles. The van der Waals surface area contributed by atoms with Crippen molar-refractivity contribution in [3.63, 3.8) is 0 Å². The molecule has 0 unspecified atom stereocenters. The highest BCUT2D eigenvalue weighted by molar-refractivity contribution is 6.30. The number of benzene rings is 2. The van der Waals surface area contributed by atoms with E-state index in [0.717, 1.165) is 0 Å². The fraction of sp³-hybridized carbons (Fsp3) is 0.222. The average Bonchev–Trinajstić information content (AvgIpc) is 2.60. The lowest BCUT2D eigenvalue weighted by Gasteiger charge is -2.07. The van der Waals surface area contributed by atoms with E-state index in [-0.39, 0.29) is 13.0 Å². The van der Waals surface area contributed by atoms with E-state index in [9.17, 15) is 9.59 Å². The largest absolute Gasteiger partial charge is 0.494 e. The Morgan fingerprint density at radius 1 is 0.760 bits per heavy atom. The van der Waals surface area contributed by atoms with E-state index >= 15 is 0 Å². The van der Waals surface area contributed by atoms with Gasteiger partial charge in [-0.25, -0.2) is 4.79 Å². The van der Waals surface area contributed by atoms with Gasteiger partial charge in [0.15, 0.2) is 6.61 Å². The number of halogens is 2. The van der Waals surface area contributed by atoms with Crippen LogP contribution in [-0.2, 0) is 14.3 Å². The molecule has 0 saturated heterocycles. The Balaban J connectivity index is 1.60. The van der Waals surface area contributed by atoms with E-state index in [1.807, 2.05) is 0 Å². The topological polar surface area (TPSA) is 61.8 Å². The number of hydrogen-bond acceptors (Lipinski definition) is 5. The van der Waals surface area contributed by atoms with Crippen LogP contribution in [0.15, 0.2) is 48.5 Å². The second kappa shape index (κ2) is 9.91. The highest BCUT2D eigenvalue weighted by Gasteiger charge is 2.11. The SMILES string of the molecule is O=C(CCCOc1ccc(Cl)cc1)OC(=O)COc1ccc(Cl)cc1. The maximum absolute atomic E-state index is 11.6. The van der Waals surface area contributed by atoms with E-state index < -0.39 is 11.9 Å². The Morgan fingerprint density at radius 2 is 1.28 bits per heavy atom. The maximum atomic E-state index is 11.6. The molecule has 0 atom stereocenters. The van der Waals surface area contributed by atoms with Gasteiger partial charge in [-0.15, -0.1) is 0 Å². The minimum Gasteiger partial charge on any atom is -0.494 e. The Bertz CT molecular complexity index is 698. The molecule has 0 aliphatic heterocycles. The van der Waals surface area contributed by atoms with Gasteiger partial charge >= 0.3 is 11.9 Å². The van der Waals surface area contributed by atoms with Crippen molar-refractivity contribution in [1.82, 2.24) is 0 Å². The molecule has 7 heteroatoms. The molecule has 2 aromatic rings. The summed E-state index contributed by atoms with van der Waals surface area (Å²) in [6.07, 6.45) is 0.493. The van der Waals surface area contributed by atoms with Gasteiger partial charge in [-0.2, -0.15) is 0 Å². The predicted octanol–water partition coefficient (Wildman–Crippen LogP) is 4.30. The van der Waals surface area contributed by atoms with Gasteiger partial charge in [-0.05, 0) is 55.0 Å². The van der Waals surface area contributed by atoms with Crippen LogP contribution in [0.2, 0.25) is 10.0 Å². The highest BCUT2D eigenvalue weighted by atomic mass is 35.5. The summed E-state index contributed by atoms with van der Waals surface area (Å²) >= 11 is 11.5. The van der Waals surface area contributed by atoms with E-state index in [2.05, 4.69) is 4.74 Å². The van der Waals surface area contributed by atoms with Gasteiger partial charge in [0.05, 0.1) is 6.61 Å². The molecule has 2 aromatic carbocycles. The van der Waals surface area contributed by atoms with Crippen LogP contribution in [0.4, 0.5) is 0 Å². The minimum absolute atomic E-state index is 0.0697. The number of carbonyl (C=O) groups is 2. The average molecular weight is 383 g/mol. The lowest BCUT2D eigenvalue weighted by molar-refractivity contribution is -0.161. The molecule has 0 aliphatic rings. The molecular weight excluding hydrogens is 367 g/mol. The highest BCUT2D eigenvalue weighted by Crippen LogP contribution is 2.16. The van der Waals surface area contributed by atoms with Crippen LogP contribution in [0.25, 0.3) is 0 Å². The first-order valence-electron chi connectivity index (χ1n) is 7.53. The second-order valence-electron chi connectivity index (χ2n) is 4.99. The van der Waals surface area contributed by atoms with Crippen molar-refractivity contribution in [1.29, 1.82) is 0 Å². The van der Waals surface area contributed by atoms with Crippen molar-refractivity contribution in [3.05, 3.63) is 58.6 Å². The van der Waals surface area contributed by atoms with Crippen molar-refractivity contribution in [2.75, 3.05) is 13.2 Å². The monoisotopic (exact) mass is 382 g/mol. The first kappa shape index (κ1) is 19.1. The maximum Gasteiger partial charge on any atom is 0.351 e. The van der Waals surface area contributed by atoms with E-state index in [1.54, 1.807) is 48.5 Å². The minimum atomic E-state index is -0.751. The molecule has 5 nitrogen and oxygen atoms in total. The zero-order chi connectivity index (χ0) is 18.1. The summed E-state index contributed by atoms with van der Waals surface area (Å²) in [5, 5.41) is 1.18. The molecule has 2 rings (SSSR count). The molecule has 0 saturated carbocycles. The van der Waals surface area contributed by atoms with Crippen molar-refractivity contribution >= 4 is 35.1 Å². The lowest BCUT2D eigenvalue weighted by Crippen LogP contribution is -2.19. The molecule has 0 heterocycles. The van der Waals surface area contributed by atoms with Crippen molar-refractivity contribution < 1.29 is 23.8 Å². The molecule has 25 heavy (non-hydrogen) atoms. The molecule has 0 radical (unpaired) electrons. The molecular formula is C18H16Cl2O5. The molecule has 0 aliphatic carbocycles. The summed E-state index contributed by atoms with van der Waals surface area (Å²) in [4.78, 5) is 23.1. The van der Waals surface area contributed by atoms with Gasteiger partial charge < -0.3 is 14.2 Å². The molecule has 132 valence electrons. The third-order valence-electron chi connectivity index (χ3n) is 3.01. The molecule has 0 fully saturated rings. The van der Waals surface area contributed by atoms with E-state index in [0.29, 0.717) is 34.6 Å². The zero-order valence-corrected chi connectivity index (χ0v) is 14.8. The molecule has 0 spiro atoms. The standard InChI is InChI=1S/C18H16Cl2O5/c19-13-3-7-15(8-4-13)23-11-1-2-17(21)25-18(22)12-24-16-9-5-14(20)6-10-16/h3-10H,1-2,11-12H2. The quantitative estimate of drug-likeness (QED) is 0.386. The molecule has 0 N–H and O–H groups in total. The number of esters is 2. The number of hydrogen-bond donors (Lipinski definition) is 0. The smallest absolute Gasteiger partial charge is 0.351 e. The van der Waals surface area contributed by atoms with Gasteiger partial charge in [0.1, 0.15) is 11.5 Å². The summed E-state index contributed by atoms with van der Waals surface area (Å²) in [5.41, 5.74) is 0. The van der Waals surface area contributed by atoms with Crippen LogP contribution in [0.3, 0.4) is 0 Å². The van der Waals surface area contributed by atoms with Crippen LogP contribution in [0, 0.1) is 0 Å². The Kier molecular flexibility index (Phi) is 7.57. The summed E-state index contributed by atoms with van der Waals surface area (Å²) in [7, 11) is 0. The van der Waals surface area contributed by atoms with Crippen LogP contribution in [0.5, 0.6) is 11.5 Å². The van der Waals surface area contributed by atoms with Crippen LogP contribution >= 0.6 is 23.2 Å². The fourth-order valence-electron chi connectivity index (χ4n) is 1.82. The van der Waals surface area contributed by atoms with Gasteiger partial charge in [0.2, 0.25) is 0 Å². The molecule has 0 amide bonds. The second-order valence-corrected chi connectivity index (χ2v) is 5.87. The number of ether oxygens (including phenoxy) is 3. The van der Waals surface area contributed by atoms with Crippen LogP contribution in [-0.4, -0.2) is 25.2 Å². The summed E-state index contributed by atoms with van der Waals surface area (Å²) in [6.45, 7) is -0.0269. The van der Waals surface area contributed by atoms with Gasteiger partial charge in [-0.3, -0.25) is 4.79 Å². The molecule has 0 bridgehead atoms. The van der Waals surface area contributed by atoms with Crippen LogP contribution < -0.4 is 9.47 Å². The Morgan fingerprint density at radius 3 is 1.84 bits per heavy atom.